The van der Waals surface area contributed by atoms with Crippen LogP contribution in [0.2, 0.25) is 0 Å². The molecule has 0 aromatic carbocycles. The fourth-order valence-corrected chi connectivity index (χ4v) is 0.843. The van der Waals surface area contributed by atoms with Gasteiger partial charge in [-0.25, -0.2) is 0 Å². The molecule has 0 bridgehead atoms. The molecule has 60 valence electrons. The fraction of sp³-hybridized carbons (Fsp3) is 0.375. The number of hydrogen-bond acceptors (Lipinski definition) is 2. The fourth-order valence-electron chi connectivity index (χ4n) is 0.843. The van der Waals surface area contributed by atoms with Crippen molar-refractivity contribution in [2.24, 2.45) is 0 Å². The van der Waals surface area contributed by atoms with Crippen LogP contribution in [-0.4, -0.2) is 11.0 Å². The van der Waals surface area contributed by atoms with E-state index >= 15 is 0 Å². The zero-order valence-corrected chi connectivity index (χ0v) is 6.72. The lowest BCUT2D eigenvalue weighted by Crippen LogP contribution is -2.14. The van der Waals surface area contributed by atoms with Gasteiger partial charge in [0.05, 0.1) is 0 Å². The second kappa shape index (κ2) is 3.23. The van der Waals surface area contributed by atoms with Crippen molar-refractivity contribution in [1.29, 1.82) is 0 Å². The first kappa shape index (κ1) is 7.85. The number of anilines is 1. The lowest BCUT2D eigenvalue weighted by molar-refractivity contribution is 0.887. The molecule has 0 saturated heterocycles. The van der Waals surface area contributed by atoms with Crippen LogP contribution in [0, 0.1) is 0 Å². The van der Waals surface area contributed by atoms with Crippen molar-refractivity contribution < 1.29 is 0 Å². The maximum Gasteiger partial charge on any atom is 0.249 e. The maximum atomic E-state index is 10.8. The van der Waals surface area contributed by atoms with Crippen LogP contribution in [0.15, 0.2) is 23.0 Å². The number of H-pyrrole nitrogens is 1. The Morgan fingerprint density at radius 2 is 2.18 bits per heavy atom. The molecule has 1 rings (SSSR count). The van der Waals surface area contributed by atoms with Crippen LogP contribution in [0.4, 0.5) is 5.82 Å². The molecule has 2 N–H and O–H groups in total. The molecule has 1 heterocycles. The van der Waals surface area contributed by atoms with Gasteiger partial charge in [0, 0.05) is 12.1 Å². The van der Waals surface area contributed by atoms with E-state index in [4.69, 9.17) is 0 Å². The zero-order chi connectivity index (χ0) is 8.27. The molecule has 1 aromatic heterocycles. The quantitative estimate of drug-likeness (QED) is 0.668. The van der Waals surface area contributed by atoms with Gasteiger partial charge in [0.25, 0.3) is 0 Å². The molecule has 3 nitrogen and oxygen atoms in total. The summed E-state index contributed by atoms with van der Waals surface area (Å²) in [6.07, 6.45) is 0. The summed E-state index contributed by atoms with van der Waals surface area (Å²) in [6, 6.07) is 5.39. The number of nitrogens with one attached hydrogen (secondary N) is 2. The van der Waals surface area contributed by atoms with E-state index in [9.17, 15) is 4.79 Å². The Kier molecular flexibility index (Phi) is 2.31. The number of aromatic amines is 1. The Morgan fingerprint density at radius 1 is 1.45 bits per heavy atom. The highest BCUT2D eigenvalue weighted by molar-refractivity contribution is 5.33. The van der Waals surface area contributed by atoms with E-state index in [1.165, 1.54) is 6.07 Å². The van der Waals surface area contributed by atoms with Crippen molar-refractivity contribution in [3.63, 3.8) is 0 Å². The summed E-state index contributed by atoms with van der Waals surface area (Å²) in [4.78, 5) is 13.4. The van der Waals surface area contributed by atoms with E-state index in [1.807, 2.05) is 19.9 Å². The third-order valence-corrected chi connectivity index (χ3v) is 1.21. The molecular formula is C8H12N2O. The smallest absolute Gasteiger partial charge is 0.249 e. The minimum atomic E-state index is -0.0735. The average molecular weight is 152 g/mol. The summed E-state index contributed by atoms with van der Waals surface area (Å²) < 4.78 is 0. The van der Waals surface area contributed by atoms with Crippen LogP contribution in [0.1, 0.15) is 13.8 Å². The molecule has 0 aliphatic rings. The lowest BCUT2D eigenvalue weighted by atomic mass is 10.4. The van der Waals surface area contributed by atoms with Crippen LogP contribution in [0.25, 0.3) is 0 Å². The van der Waals surface area contributed by atoms with Gasteiger partial charge in [-0.2, -0.15) is 0 Å². The first-order valence-corrected chi connectivity index (χ1v) is 3.64. The lowest BCUT2D eigenvalue weighted by Gasteiger charge is -2.07. The van der Waals surface area contributed by atoms with Crippen LogP contribution < -0.4 is 10.9 Å². The van der Waals surface area contributed by atoms with Gasteiger partial charge in [-0.05, 0) is 19.9 Å². The normalized spacial score (nSPS) is 10.1. The molecule has 0 atom stereocenters. The summed E-state index contributed by atoms with van der Waals surface area (Å²) in [5.74, 6) is 0.771. The third kappa shape index (κ3) is 2.45. The molecule has 0 aliphatic carbocycles. The number of pyridine rings is 1. The highest BCUT2D eigenvalue weighted by Crippen LogP contribution is 1.98. The Hall–Kier alpha value is -1.25. The minimum Gasteiger partial charge on any atom is -0.369 e. The summed E-state index contributed by atoms with van der Waals surface area (Å²) >= 11 is 0. The van der Waals surface area contributed by atoms with E-state index < -0.39 is 0 Å². The molecule has 0 fully saturated rings. The topological polar surface area (TPSA) is 44.9 Å². The molecule has 3 heteroatoms. The summed E-state index contributed by atoms with van der Waals surface area (Å²) in [5, 5.41) is 3.09. The largest absolute Gasteiger partial charge is 0.369 e. The number of aromatic nitrogens is 1. The van der Waals surface area contributed by atoms with E-state index in [-0.39, 0.29) is 5.56 Å². The predicted molar refractivity (Wildman–Crippen MR) is 45.8 cm³/mol. The molecule has 0 radical (unpaired) electrons. The van der Waals surface area contributed by atoms with E-state index in [0.29, 0.717) is 6.04 Å². The second-order valence-corrected chi connectivity index (χ2v) is 2.73. The van der Waals surface area contributed by atoms with Crippen molar-refractivity contribution in [3.8, 4) is 0 Å². The van der Waals surface area contributed by atoms with Crippen LogP contribution in [0.5, 0.6) is 0 Å². The van der Waals surface area contributed by atoms with Gasteiger partial charge in [0.1, 0.15) is 5.82 Å². The SMILES string of the molecule is CC(C)Nc1cccc(=O)[nH]1. The Morgan fingerprint density at radius 3 is 2.73 bits per heavy atom. The van der Waals surface area contributed by atoms with Crippen molar-refractivity contribution in [3.05, 3.63) is 28.6 Å². The van der Waals surface area contributed by atoms with Gasteiger partial charge in [-0.15, -0.1) is 0 Å². The predicted octanol–water partition coefficient (Wildman–Crippen LogP) is 1.20. The van der Waals surface area contributed by atoms with Gasteiger partial charge in [0.2, 0.25) is 5.56 Å². The van der Waals surface area contributed by atoms with Crippen LogP contribution in [-0.2, 0) is 0 Å². The standard InChI is InChI=1S/C8H12N2O/c1-6(2)9-7-4-3-5-8(11)10-7/h3-6H,1-2H3,(H2,9,10,11). The molecule has 1 aromatic rings. The highest BCUT2D eigenvalue weighted by Gasteiger charge is 1.93. The summed E-state index contributed by atoms with van der Waals surface area (Å²) in [7, 11) is 0. The summed E-state index contributed by atoms with van der Waals surface area (Å²) in [6.45, 7) is 4.04. The van der Waals surface area contributed by atoms with E-state index in [1.54, 1.807) is 6.07 Å². The van der Waals surface area contributed by atoms with Crippen molar-refractivity contribution in [2.75, 3.05) is 5.32 Å². The van der Waals surface area contributed by atoms with Crippen molar-refractivity contribution in [2.45, 2.75) is 19.9 Å². The Bertz CT molecular complexity index is 277. The zero-order valence-electron chi connectivity index (χ0n) is 6.72. The van der Waals surface area contributed by atoms with E-state index in [0.717, 1.165) is 5.82 Å². The molecule has 0 unspecified atom stereocenters. The number of hydrogen-bond donors (Lipinski definition) is 2. The van der Waals surface area contributed by atoms with Gasteiger partial charge >= 0.3 is 0 Å². The summed E-state index contributed by atoms with van der Waals surface area (Å²) in [5.41, 5.74) is -0.0735. The van der Waals surface area contributed by atoms with Gasteiger partial charge in [-0.3, -0.25) is 4.79 Å². The Labute approximate surface area is 65.5 Å². The van der Waals surface area contributed by atoms with Crippen LogP contribution in [0.3, 0.4) is 0 Å². The Balaban J connectivity index is 2.80. The molecule has 0 amide bonds. The molecular weight excluding hydrogens is 140 g/mol. The highest BCUT2D eigenvalue weighted by atomic mass is 16.1. The first-order chi connectivity index (χ1) is 5.18. The monoisotopic (exact) mass is 152 g/mol. The molecule has 11 heavy (non-hydrogen) atoms. The third-order valence-electron chi connectivity index (χ3n) is 1.21. The van der Waals surface area contributed by atoms with Crippen LogP contribution >= 0.6 is 0 Å². The average Bonchev–Trinajstić information content (AvgIpc) is 1.85. The van der Waals surface area contributed by atoms with Crippen molar-refractivity contribution in [1.82, 2.24) is 4.98 Å². The second-order valence-electron chi connectivity index (χ2n) is 2.73. The van der Waals surface area contributed by atoms with Gasteiger partial charge in [-0.1, -0.05) is 6.07 Å². The van der Waals surface area contributed by atoms with E-state index in [2.05, 4.69) is 10.3 Å². The van der Waals surface area contributed by atoms with Gasteiger partial charge in [0.15, 0.2) is 0 Å². The van der Waals surface area contributed by atoms with Gasteiger partial charge < -0.3 is 10.3 Å². The number of rotatable bonds is 2. The first-order valence-electron chi connectivity index (χ1n) is 3.64. The molecule has 0 spiro atoms. The molecule has 0 aliphatic heterocycles. The van der Waals surface area contributed by atoms with Crippen molar-refractivity contribution >= 4 is 5.82 Å². The maximum absolute atomic E-state index is 10.8. The minimum absolute atomic E-state index is 0.0735. The molecule has 0 saturated carbocycles.